The number of hydrogen-bond acceptors (Lipinski definition) is 5. The Morgan fingerprint density at radius 1 is 1.24 bits per heavy atom. The lowest BCUT2D eigenvalue weighted by Gasteiger charge is -2.12. The third-order valence-corrected chi connectivity index (χ3v) is 2.86. The van der Waals surface area contributed by atoms with Crippen LogP contribution in [-0.4, -0.2) is 9.97 Å². The summed E-state index contributed by atoms with van der Waals surface area (Å²) >= 11 is 0. The molecule has 2 rings (SSSR count). The summed E-state index contributed by atoms with van der Waals surface area (Å²) < 4.78 is 31.6. The number of ether oxygens (including phenoxy) is 1. The largest absolute Gasteiger partial charge is 0.438 e. The highest BCUT2D eigenvalue weighted by molar-refractivity contribution is 5.48. The number of nitrogens with zero attached hydrogens (tertiary/aromatic N) is 2. The number of nitrogen functional groups attached to an aromatic ring is 1. The molecule has 112 valence electrons. The predicted octanol–water partition coefficient (Wildman–Crippen LogP) is 3.09. The summed E-state index contributed by atoms with van der Waals surface area (Å²) in [6.07, 6.45) is 1.51. The van der Waals surface area contributed by atoms with Crippen molar-refractivity contribution in [2.45, 2.75) is 26.7 Å². The van der Waals surface area contributed by atoms with Crippen molar-refractivity contribution < 1.29 is 13.5 Å². The molecule has 7 heteroatoms. The molecule has 0 saturated heterocycles. The van der Waals surface area contributed by atoms with E-state index in [4.69, 9.17) is 10.6 Å². The van der Waals surface area contributed by atoms with Gasteiger partial charge in [0.1, 0.15) is 17.4 Å². The maximum atomic E-state index is 13.2. The maximum absolute atomic E-state index is 13.2. The first kappa shape index (κ1) is 15.1. The number of anilines is 1. The summed E-state index contributed by atoms with van der Waals surface area (Å²) in [5.74, 6) is 4.91. The first-order valence-electron chi connectivity index (χ1n) is 6.52. The van der Waals surface area contributed by atoms with Crippen molar-refractivity contribution in [3.05, 3.63) is 41.2 Å². The maximum Gasteiger partial charge on any atom is 0.227 e. The van der Waals surface area contributed by atoms with Crippen molar-refractivity contribution >= 4 is 5.82 Å². The summed E-state index contributed by atoms with van der Waals surface area (Å²) in [6, 6.07) is 3.29. The highest BCUT2D eigenvalue weighted by Crippen LogP contribution is 2.27. The van der Waals surface area contributed by atoms with Gasteiger partial charge in [-0.3, -0.25) is 0 Å². The van der Waals surface area contributed by atoms with E-state index < -0.39 is 11.6 Å². The van der Waals surface area contributed by atoms with E-state index in [2.05, 4.69) is 15.4 Å². The molecule has 0 fully saturated rings. The minimum Gasteiger partial charge on any atom is -0.438 e. The molecule has 21 heavy (non-hydrogen) atoms. The molecule has 0 bridgehead atoms. The summed E-state index contributed by atoms with van der Waals surface area (Å²) in [7, 11) is 0. The zero-order chi connectivity index (χ0) is 15.4. The molecule has 2 aromatic rings. The van der Waals surface area contributed by atoms with Gasteiger partial charge in [-0.25, -0.2) is 19.6 Å². The summed E-state index contributed by atoms with van der Waals surface area (Å²) in [4.78, 5) is 8.53. The fraction of sp³-hybridized carbons (Fsp3) is 0.286. The first-order valence-corrected chi connectivity index (χ1v) is 6.52. The van der Waals surface area contributed by atoms with Gasteiger partial charge in [-0.2, -0.15) is 4.98 Å². The lowest BCUT2D eigenvalue weighted by molar-refractivity contribution is 0.441. The highest BCUT2D eigenvalue weighted by Gasteiger charge is 2.13. The lowest BCUT2D eigenvalue weighted by atomic mass is 10.2. The molecule has 0 saturated carbocycles. The fourth-order valence-electron chi connectivity index (χ4n) is 1.77. The molecular formula is C14H16F2N4O. The molecule has 0 amide bonds. The van der Waals surface area contributed by atoms with E-state index in [9.17, 15) is 8.78 Å². The number of nitrogens with one attached hydrogen (secondary N) is 1. The topological polar surface area (TPSA) is 73.1 Å². The number of aryl methyl sites for hydroxylation is 1. The van der Waals surface area contributed by atoms with E-state index in [1.807, 2.05) is 6.92 Å². The standard InChI is InChI=1S/C14H16F2N4O/c1-3-4-12-18-13(20-17)8(2)14(19-12)21-9-5-6-10(15)11(16)7-9/h5-7H,3-4,17H2,1-2H3,(H,18,19,20). The molecule has 0 radical (unpaired) electrons. The summed E-state index contributed by atoms with van der Waals surface area (Å²) in [5.41, 5.74) is 3.06. The van der Waals surface area contributed by atoms with Crippen LogP contribution in [0.25, 0.3) is 0 Å². The average molecular weight is 294 g/mol. The van der Waals surface area contributed by atoms with Crippen molar-refractivity contribution in [3.63, 3.8) is 0 Å². The van der Waals surface area contributed by atoms with Crippen LogP contribution in [0, 0.1) is 18.6 Å². The van der Waals surface area contributed by atoms with Gasteiger partial charge in [0.25, 0.3) is 0 Å². The molecule has 1 heterocycles. The average Bonchev–Trinajstić information content (AvgIpc) is 2.46. The van der Waals surface area contributed by atoms with Crippen LogP contribution in [0.2, 0.25) is 0 Å². The monoisotopic (exact) mass is 294 g/mol. The van der Waals surface area contributed by atoms with Crippen molar-refractivity contribution in [2.24, 2.45) is 5.84 Å². The van der Waals surface area contributed by atoms with Crippen molar-refractivity contribution in [3.8, 4) is 11.6 Å². The van der Waals surface area contributed by atoms with Crippen LogP contribution in [0.3, 0.4) is 0 Å². The minimum absolute atomic E-state index is 0.154. The molecule has 0 aliphatic heterocycles. The number of rotatable bonds is 5. The highest BCUT2D eigenvalue weighted by atomic mass is 19.2. The van der Waals surface area contributed by atoms with Crippen molar-refractivity contribution in [1.29, 1.82) is 0 Å². The number of halogens is 2. The Labute approximate surface area is 121 Å². The third kappa shape index (κ3) is 3.43. The first-order chi connectivity index (χ1) is 10.0. The Balaban J connectivity index is 2.37. The molecule has 0 unspecified atom stereocenters. The van der Waals surface area contributed by atoms with Gasteiger partial charge in [-0.05, 0) is 25.5 Å². The number of nitrogens with two attached hydrogens (primary N) is 1. The van der Waals surface area contributed by atoms with Crippen LogP contribution >= 0.6 is 0 Å². The Hall–Kier alpha value is -2.28. The fourth-order valence-corrected chi connectivity index (χ4v) is 1.77. The van der Waals surface area contributed by atoms with Crippen LogP contribution < -0.4 is 16.0 Å². The Morgan fingerprint density at radius 3 is 2.62 bits per heavy atom. The van der Waals surface area contributed by atoms with Crippen LogP contribution in [0.15, 0.2) is 18.2 Å². The van der Waals surface area contributed by atoms with Gasteiger partial charge >= 0.3 is 0 Å². The Bertz CT molecular complexity index is 649. The van der Waals surface area contributed by atoms with Gasteiger partial charge in [0.05, 0.1) is 5.56 Å². The quantitative estimate of drug-likeness (QED) is 0.655. The van der Waals surface area contributed by atoms with Gasteiger partial charge < -0.3 is 10.2 Å². The van der Waals surface area contributed by atoms with Crippen LogP contribution in [0.1, 0.15) is 24.7 Å². The molecule has 0 aliphatic rings. The predicted molar refractivity (Wildman–Crippen MR) is 75.0 cm³/mol. The normalized spacial score (nSPS) is 10.5. The lowest BCUT2D eigenvalue weighted by Crippen LogP contribution is -2.13. The minimum atomic E-state index is -0.981. The van der Waals surface area contributed by atoms with Crippen LogP contribution in [0.4, 0.5) is 14.6 Å². The second kappa shape index (κ2) is 6.45. The van der Waals surface area contributed by atoms with E-state index >= 15 is 0 Å². The zero-order valence-corrected chi connectivity index (χ0v) is 11.8. The van der Waals surface area contributed by atoms with Gasteiger partial charge in [0.15, 0.2) is 11.6 Å². The smallest absolute Gasteiger partial charge is 0.227 e. The molecule has 1 aromatic carbocycles. The molecule has 0 spiro atoms. The second-order valence-electron chi connectivity index (χ2n) is 4.49. The molecule has 0 aliphatic carbocycles. The van der Waals surface area contributed by atoms with E-state index in [1.165, 1.54) is 6.07 Å². The Kier molecular flexibility index (Phi) is 4.64. The van der Waals surface area contributed by atoms with Crippen LogP contribution in [-0.2, 0) is 6.42 Å². The van der Waals surface area contributed by atoms with Crippen LogP contribution in [0.5, 0.6) is 11.6 Å². The third-order valence-electron chi connectivity index (χ3n) is 2.86. The van der Waals surface area contributed by atoms with Gasteiger partial charge in [-0.15, -0.1) is 0 Å². The van der Waals surface area contributed by atoms with E-state index in [0.717, 1.165) is 18.6 Å². The number of benzene rings is 1. The van der Waals surface area contributed by atoms with E-state index in [0.29, 0.717) is 23.6 Å². The number of hydrogen-bond donors (Lipinski definition) is 2. The molecule has 0 atom stereocenters. The second-order valence-corrected chi connectivity index (χ2v) is 4.49. The number of aromatic nitrogens is 2. The zero-order valence-electron chi connectivity index (χ0n) is 11.8. The number of hydrazine groups is 1. The van der Waals surface area contributed by atoms with Crippen molar-refractivity contribution in [1.82, 2.24) is 9.97 Å². The Morgan fingerprint density at radius 2 is 2.00 bits per heavy atom. The van der Waals surface area contributed by atoms with Gasteiger partial charge in [0, 0.05) is 12.5 Å². The molecule has 3 N–H and O–H groups in total. The molecular weight excluding hydrogens is 278 g/mol. The van der Waals surface area contributed by atoms with Crippen molar-refractivity contribution in [2.75, 3.05) is 5.43 Å². The van der Waals surface area contributed by atoms with E-state index in [1.54, 1.807) is 6.92 Å². The van der Waals surface area contributed by atoms with Gasteiger partial charge in [-0.1, -0.05) is 6.92 Å². The summed E-state index contributed by atoms with van der Waals surface area (Å²) in [5, 5.41) is 0. The summed E-state index contributed by atoms with van der Waals surface area (Å²) in [6.45, 7) is 3.72. The van der Waals surface area contributed by atoms with E-state index in [-0.39, 0.29) is 11.6 Å². The molecule has 5 nitrogen and oxygen atoms in total. The molecule has 1 aromatic heterocycles. The van der Waals surface area contributed by atoms with Gasteiger partial charge in [0.2, 0.25) is 5.88 Å². The SMILES string of the molecule is CCCc1nc(NN)c(C)c(Oc2ccc(F)c(F)c2)n1.